The number of amides is 1. The molecule has 0 aliphatic rings. The Morgan fingerprint density at radius 3 is 2.25 bits per heavy atom. The molecule has 0 saturated carbocycles. The number of carbonyl (C=O) groups is 1. The van der Waals surface area contributed by atoms with Crippen LogP contribution in [0.15, 0.2) is 78.9 Å². The molecule has 0 aliphatic carbocycles. The highest BCUT2D eigenvalue weighted by molar-refractivity contribution is 5.90. The van der Waals surface area contributed by atoms with E-state index in [1.807, 2.05) is 72.8 Å². The Hall–Kier alpha value is -3.27. The van der Waals surface area contributed by atoms with Crippen molar-refractivity contribution in [1.29, 1.82) is 0 Å². The fourth-order valence-corrected chi connectivity index (χ4v) is 2.34. The molecule has 0 fully saturated rings. The van der Waals surface area contributed by atoms with Gasteiger partial charge in [-0.2, -0.15) is 0 Å². The van der Waals surface area contributed by atoms with Gasteiger partial charge in [0, 0.05) is 0 Å². The first-order valence-corrected chi connectivity index (χ1v) is 7.65. The number of ether oxygens (including phenoxy) is 1. The van der Waals surface area contributed by atoms with Gasteiger partial charge >= 0.3 is 6.09 Å². The zero-order chi connectivity index (χ0) is 16.8. The summed E-state index contributed by atoms with van der Waals surface area (Å²) in [6, 6.07) is 25.0. The molecular formula is C20H18N2O2. The van der Waals surface area contributed by atoms with Crippen molar-refractivity contribution >= 4 is 17.5 Å². The van der Waals surface area contributed by atoms with Gasteiger partial charge < -0.3 is 10.5 Å². The summed E-state index contributed by atoms with van der Waals surface area (Å²) in [6.45, 7) is 0.213. The molecule has 4 heteroatoms. The van der Waals surface area contributed by atoms with E-state index in [1.165, 1.54) is 0 Å². The van der Waals surface area contributed by atoms with Crippen molar-refractivity contribution in [2.45, 2.75) is 6.61 Å². The van der Waals surface area contributed by atoms with E-state index < -0.39 is 6.09 Å². The van der Waals surface area contributed by atoms with Crippen LogP contribution in [0.2, 0.25) is 0 Å². The molecule has 0 atom stereocenters. The monoisotopic (exact) mass is 318 g/mol. The number of carbonyl (C=O) groups excluding carboxylic acids is 1. The molecule has 1 amide bonds. The summed E-state index contributed by atoms with van der Waals surface area (Å²) in [4.78, 5) is 12.0. The molecule has 3 N–H and O–H groups in total. The lowest BCUT2D eigenvalue weighted by molar-refractivity contribution is 0.155. The molecule has 3 aromatic rings. The molecule has 120 valence electrons. The van der Waals surface area contributed by atoms with Crippen molar-refractivity contribution in [3.8, 4) is 11.1 Å². The highest BCUT2D eigenvalue weighted by atomic mass is 16.5. The van der Waals surface area contributed by atoms with Gasteiger partial charge in [0.2, 0.25) is 0 Å². The lowest BCUT2D eigenvalue weighted by Gasteiger charge is -2.11. The Labute approximate surface area is 140 Å². The van der Waals surface area contributed by atoms with E-state index in [9.17, 15) is 4.79 Å². The van der Waals surface area contributed by atoms with Crippen LogP contribution in [-0.4, -0.2) is 6.09 Å². The first-order valence-electron chi connectivity index (χ1n) is 7.65. The Bertz CT molecular complexity index is 818. The molecule has 3 rings (SSSR count). The van der Waals surface area contributed by atoms with Crippen LogP contribution >= 0.6 is 0 Å². The largest absolute Gasteiger partial charge is 0.444 e. The van der Waals surface area contributed by atoms with Crippen LogP contribution in [-0.2, 0) is 11.3 Å². The second kappa shape index (κ2) is 7.33. The zero-order valence-electron chi connectivity index (χ0n) is 13.1. The number of hydrogen-bond donors (Lipinski definition) is 2. The molecule has 0 spiro atoms. The van der Waals surface area contributed by atoms with Crippen molar-refractivity contribution < 1.29 is 9.53 Å². The van der Waals surface area contributed by atoms with Crippen LogP contribution in [0.5, 0.6) is 0 Å². The van der Waals surface area contributed by atoms with Gasteiger partial charge in [0.1, 0.15) is 6.61 Å². The van der Waals surface area contributed by atoms with Gasteiger partial charge in [-0.15, -0.1) is 0 Å². The maximum atomic E-state index is 12.0. The van der Waals surface area contributed by atoms with Crippen molar-refractivity contribution in [2.24, 2.45) is 0 Å². The number of nitrogens with two attached hydrogens (primary N) is 1. The number of rotatable bonds is 4. The quantitative estimate of drug-likeness (QED) is 0.686. The summed E-state index contributed by atoms with van der Waals surface area (Å²) in [5, 5.41) is 2.70. The first-order chi connectivity index (χ1) is 11.7. The Balaban J connectivity index is 1.69. The van der Waals surface area contributed by atoms with Crippen molar-refractivity contribution in [1.82, 2.24) is 0 Å². The smallest absolute Gasteiger partial charge is 0.412 e. The van der Waals surface area contributed by atoms with Gasteiger partial charge in [-0.25, -0.2) is 4.79 Å². The maximum Gasteiger partial charge on any atom is 0.412 e. The van der Waals surface area contributed by atoms with E-state index in [1.54, 1.807) is 6.07 Å². The molecule has 0 aromatic heterocycles. The Morgan fingerprint density at radius 2 is 1.54 bits per heavy atom. The minimum atomic E-state index is -0.532. The van der Waals surface area contributed by atoms with E-state index >= 15 is 0 Å². The summed E-state index contributed by atoms with van der Waals surface area (Å²) < 4.78 is 5.23. The predicted molar refractivity (Wildman–Crippen MR) is 96.5 cm³/mol. The number of benzene rings is 3. The van der Waals surface area contributed by atoms with E-state index in [0.717, 1.165) is 16.7 Å². The molecule has 4 nitrogen and oxygen atoms in total. The Morgan fingerprint density at radius 1 is 0.875 bits per heavy atom. The Kier molecular flexibility index (Phi) is 4.77. The van der Waals surface area contributed by atoms with E-state index in [2.05, 4.69) is 5.32 Å². The second-order valence-corrected chi connectivity index (χ2v) is 5.35. The van der Waals surface area contributed by atoms with Gasteiger partial charge in [-0.05, 0) is 28.8 Å². The summed E-state index contributed by atoms with van der Waals surface area (Å²) in [6.07, 6.45) is -0.532. The highest BCUT2D eigenvalue weighted by Gasteiger charge is 2.08. The number of hydrogen-bond acceptors (Lipinski definition) is 3. The highest BCUT2D eigenvalue weighted by Crippen LogP contribution is 2.27. The molecule has 3 aromatic carbocycles. The topological polar surface area (TPSA) is 64.3 Å². The summed E-state index contributed by atoms with van der Waals surface area (Å²) in [5.74, 6) is 0. The summed E-state index contributed by atoms with van der Waals surface area (Å²) in [5.41, 5.74) is 9.94. The number of nitrogen functional groups attached to an aromatic ring is 1. The SMILES string of the molecule is Nc1ccc(-c2ccccc2)cc1NC(=O)OCc1ccccc1. The normalized spacial score (nSPS) is 10.2. The van der Waals surface area contributed by atoms with Gasteiger partial charge in [0.05, 0.1) is 11.4 Å². The standard InChI is InChI=1S/C20H18N2O2/c21-18-12-11-17(16-9-5-2-6-10-16)13-19(18)22-20(23)24-14-15-7-3-1-4-8-15/h1-13H,14,21H2,(H,22,23). The van der Waals surface area contributed by atoms with E-state index in [-0.39, 0.29) is 6.61 Å². The van der Waals surface area contributed by atoms with Crippen molar-refractivity contribution in [3.05, 3.63) is 84.4 Å². The molecule has 0 radical (unpaired) electrons. The molecule has 0 heterocycles. The second-order valence-electron chi connectivity index (χ2n) is 5.35. The average molecular weight is 318 g/mol. The lowest BCUT2D eigenvalue weighted by atomic mass is 10.0. The third kappa shape index (κ3) is 3.93. The molecular weight excluding hydrogens is 300 g/mol. The fourth-order valence-electron chi connectivity index (χ4n) is 2.34. The van der Waals surface area contributed by atoms with Crippen molar-refractivity contribution in [3.63, 3.8) is 0 Å². The van der Waals surface area contributed by atoms with Crippen molar-refractivity contribution in [2.75, 3.05) is 11.1 Å². The molecule has 0 aliphatic heterocycles. The number of nitrogens with one attached hydrogen (secondary N) is 1. The van der Waals surface area contributed by atoms with Crippen LogP contribution in [0, 0.1) is 0 Å². The third-order valence-electron chi connectivity index (χ3n) is 3.61. The molecule has 0 bridgehead atoms. The molecule has 0 unspecified atom stereocenters. The maximum absolute atomic E-state index is 12.0. The third-order valence-corrected chi connectivity index (χ3v) is 3.61. The number of anilines is 2. The summed E-state index contributed by atoms with van der Waals surface area (Å²) >= 11 is 0. The predicted octanol–water partition coefficient (Wildman–Crippen LogP) is 4.68. The van der Waals surface area contributed by atoms with Crippen LogP contribution in [0.25, 0.3) is 11.1 Å². The van der Waals surface area contributed by atoms with Crippen LogP contribution in [0.4, 0.5) is 16.2 Å². The van der Waals surface area contributed by atoms with E-state index in [4.69, 9.17) is 10.5 Å². The van der Waals surface area contributed by atoms with Gasteiger partial charge in [0.15, 0.2) is 0 Å². The zero-order valence-corrected chi connectivity index (χ0v) is 13.1. The fraction of sp³-hybridized carbons (Fsp3) is 0.0500. The first kappa shape index (κ1) is 15.6. The summed E-state index contributed by atoms with van der Waals surface area (Å²) in [7, 11) is 0. The van der Waals surface area contributed by atoms with Crippen LogP contribution in [0.1, 0.15) is 5.56 Å². The van der Waals surface area contributed by atoms with Gasteiger partial charge in [0.25, 0.3) is 0 Å². The van der Waals surface area contributed by atoms with Crippen LogP contribution in [0.3, 0.4) is 0 Å². The lowest BCUT2D eigenvalue weighted by Crippen LogP contribution is -2.14. The van der Waals surface area contributed by atoms with Crippen LogP contribution < -0.4 is 11.1 Å². The van der Waals surface area contributed by atoms with Gasteiger partial charge in [-0.3, -0.25) is 5.32 Å². The minimum absolute atomic E-state index is 0.213. The van der Waals surface area contributed by atoms with Gasteiger partial charge in [-0.1, -0.05) is 66.7 Å². The minimum Gasteiger partial charge on any atom is -0.444 e. The average Bonchev–Trinajstić information content (AvgIpc) is 2.63. The molecule has 24 heavy (non-hydrogen) atoms. The van der Waals surface area contributed by atoms with E-state index in [0.29, 0.717) is 11.4 Å². The molecule has 0 saturated heterocycles.